The van der Waals surface area contributed by atoms with Crippen LogP contribution in [-0.4, -0.2) is 22.3 Å². The minimum Gasteiger partial charge on any atom is -0.478 e. The predicted molar refractivity (Wildman–Crippen MR) is 65.2 cm³/mol. The van der Waals surface area contributed by atoms with Crippen LogP contribution in [-0.2, 0) is 4.79 Å². The summed E-state index contributed by atoms with van der Waals surface area (Å²) in [5.41, 5.74) is 0. The second-order valence-corrected chi connectivity index (χ2v) is 4.94. The molecule has 0 aliphatic heterocycles. The number of carboxylic acids is 1. The summed E-state index contributed by atoms with van der Waals surface area (Å²) in [5, 5.41) is 17.3. The number of carbonyl (C=O) groups is 1. The molecule has 0 aromatic rings. The van der Waals surface area contributed by atoms with Crippen molar-refractivity contribution in [1.82, 2.24) is 0 Å². The first kappa shape index (κ1) is 15.2. The first-order valence-electron chi connectivity index (χ1n) is 5.91. The standard InChI is InChI=1S/C10H20O.C3H4O2/c1-7(2)9-5-4-8(3)6-10(9)11;1-2-3(4)5/h7-11H,4-6H2,1-3H3;2H,1H2,(H,4,5). The first-order valence-corrected chi connectivity index (χ1v) is 5.91. The van der Waals surface area contributed by atoms with E-state index in [0.29, 0.717) is 11.8 Å². The van der Waals surface area contributed by atoms with Gasteiger partial charge in [0.25, 0.3) is 0 Å². The molecular weight excluding hydrogens is 204 g/mol. The Morgan fingerprint density at radius 3 is 2.25 bits per heavy atom. The van der Waals surface area contributed by atoms with E-state index in [9.17, 15) is 9.90 Å². The van der Waals surface area contributed by atoms with E-state index >= 15 is 0 Å². The Kier molecular flexibility index (Phi) is 7.06. The van der Waals surface area contributed by atoms with Crippen molar-refractivity contribution in [2.24, 2.45) is 17.8 Å². The zero-order chi connectivity index (χ0) is 12.7. The van der Waals surface area contributed by atoms with Crippen LogP contribution >= 0.6 is 0 Å². The molecule has 3 nitrogen and oxygen atoms in total. The molecule has 16 heavy (non-hydrogen) atoms. The van der Waals surface area contributed by atoms with E-state index in [2.05, 4.69) is 27.4 Å². The molecule has 0 saturated heterocycles. The van der Waals surface area contributed by atoms with E-state index < -0.39 is 5.97 Å². The van der Waals surface area contributed by atoms with Crippen molar-refractivity contribution in [3.05, 3.63) is 12.7 Å². The Morgan fingerprint density at radius 1 is 1.44 bits per heavy atom. The Balaban J connectivity index is 0.000000385. The lowest BCUT2D eigenvalue weighted by atomic mass is 9.75. The third kappa shape index (κ3) is 5.91. The van der Waals surface area contributed by atoms with Gasteiger partial charge in [-0.25, -0.2) is 4.79 Å². The molecule has 0 spiro atoms. The predicted octanol–water partition coefficient (Wildman–Crippen LogP) is 2.70. The third-order valence-corrected chi connectivity index (χ3v) is 3.16. The van der Waals surface area contributed by atoms with Crippen molar-refractivity contribution in [2.45, 2.75) is 46.1 Å². The Bertz CT molecular complexity index is 223. The molecule has 1 fully saturated rings. The second kappa shape index (κ2) is 7.44. The molecule has 3 heteroatoms. The lowest BCUT2D eigenvalue weighted by Crippen LogP contribution is -2.31. The smallest absolute Gasteiger partial charge is 0.327 e. The van der Waals surface area contributed by atoms with E-state index in [1.165, 1.54) is 12.8 Å². The fraction of sp³-hybridized carbons (Fsp3) is 0.769. The summed E-state index contributed by atoms with van der Waals surface area (Å²) in [5.74, 6) is 0.966. The summed E-state index contributed by atoms with van der Waals surface area (Å²) in [6.45, 7) is 9.62. The highest BCUT2D eigenvalue weighted by Gasteiger charge is 2.28. The summed E-state index contributed by atoms with van der Waals surface area (Å²) in [6, 6.07) is 0. The van der Waals surface area contributed by atoms with Crippen LogP contribution in [0, 0.1) is 17.8 Å². The third-order valence-electron chi connectivity index (χ3n) is 3.16. The molecule has 1 aliphatic carbocycles. The summed E-state index contributed by atoms with van der Waals surface area (Å²) >= 11 is 0. The lowest BCUT2D eigenvalue weighted by molar-refractivity contribution is -0.131. The number of hydrogen-bond donors (Lipinski definition) is 2. The Morgan fingerprint density at radius 2 is 1.94 bits per heavy atom. The topological polar surface area (TPSA) is 57.5 Å². The van der Waals surface area contributed by atoms with Gasteiger partial charge in [-0.2, -0.15) is 0 Å². The number of carboxylic acid groups (broad SMARTS) is 1. The highest BCUT2D eigenvalue weighted by atomic mass is 16.4. The summed E-state index contributed by atoms with van der Waals surface area (Å²) in [4.78, 5) is 9.25. The summed E-state index contributed by atoms with van der Waals surface area (Å²) in [6.07, 6.45) is 4.35. The monoisotopic (exact) mass is 228 g/mol. The van der Waals surface area contributed by atoms with Gasteiger partial charge in [0.2, 0.25) is 0 Å². The SMILES string of the molecule is C=CC(=O)O.CC1CCC(C(C)C)C(O)C1. The van der Waals surface area contributed by atoms with Gasteiger partial charge in [0.15, 0.2) is 0 Å². The van der Waals surface area contributed by atoms with Crippen molar-refractivity contribution in [2.75, 3.05) is 0 Å². The minimum atomic E-state index is -0.981. The van der Waals surface area contributed by atoms with Gasteiger partial charge in [-0.3, -0.25) is 0 Å². The minimum absolute atomic E-state index is 0.0289. The zero-order valence-corrected chi connectivity index (χ0v) is 10.5. The molecule has 2 N–H and O–H groups in total. The Hall–Kier alpha value is -0.830. The molecule has 3 unspecified atom stereocenters. The van der Waals surface area contributed by atoms with Gasteiger partial charge in [0.1, 0.15) is 0 Å². The molecule has 0 bridgehead atoms. The lowest BCUT2D eigenvalue weighted by Gasteiger charge is -2.33. The molecule has 0 heterocycles. The number of aliphatic hydroxyl groups excluding tert-OH is 1. The average molecular weight is 228 g/mol. The second-order valence-electron chi connectivity index (χ2n) is 4.94. The molecule has 3 atom stereocenters. The van der Waals surface area contributed by atoms with Crippen LogP contribution in [0.5, 0.6) is 0 Å². The fourth-order valence-corrected chi connectivity index (χ4v) is 2.15. The molecular formula is C13H24O3. The average Bonchev–Trinajstić information content (AvgIpc) is 2.17. The molecule has 1 saturated carbocycles. The van der Waals surface area contributed by atoms with Gasteiger partial charge in [-0.05, 0) is 30.6 Å². The van der Waals surface area contributed by atoms with Crippen LogP contribution in [0.25, 0.3) is 0 Å². The molecule has 0 radical (unpaired) electrons. The highest BCUT2D eigenvalue weighted by molar-refractivity contribution is 5.78. The number of rotatable bonds is 2. The largest absolute Gasteiger partial charge is 0.478 e. The summed E-state index contributed by atoms with van der Waals surface area (Å²) < 4.78 is 0. The normalized spacial score (nSPS) is 29.2. The van der Waals surface area contributed by atoms with Gasteiger partial charge in [0.05, 0.1) is 6.10 Å². The summed E-state index contributed by atoms with van der Waals surface area (Å²) in [7, 11) is 0. The maximum absolute atomic E-state index is 9.71. The molecule has 1 aliphatic rings. The van der Waals surface area contributed by atoms with E-state index in [-0.39, 0.29) is 6.10 Å². The van der Waals surface area contributed by atoms with Crippen LogP contribution in [0.2, 0.25) is 0 Å². The number of aliphatic carboxylic acids is 1. The van der Waals surface area contributed by atoms with Crippen molar-refractivity contribution in [3.63, 3.8) is 0 Å². The van der Waals surface area contributed by atoms with Crippen LogP contribution in [0.3, 0.4) is 0 Å². The fourth-order valence-electron chi connectivity index (χ4n) is 2.15. The number of hydrogen-bond acceptors (Lipinski definition) is 2. The van der Waals surface area contributed by atoms with E-state index in [0.717, 1.165) is 18.4 Å². The van der Waals surface area contributed by atoms with Gasteiger partial charge >= 0.3 is 5.97 Å². The van der Waals surface area contributed by atoms with Gasteiger partial charge in [-0.1, -0.05) is 33.8 Å². The maximum atomic E-state index is 9.71. The van der Waals surface area contributed by atoms with Crippen molar-refractivity contribution in [1.29, 1.82) is 0 Å². The first-order chi connectivity index (χ1) is 7.38. The van der Waals surface area contributed by atoms with Crippen molar-refractivity contribution in [3.8, 4) is 0 Å². The van der Waals surface area contributed by atoms with E-state index in [4.69, 9.17) is 5.11 Å². The molecule has 0 amide bonds. The Labute approximate surface area is 98.2 Å². The van der Waals surface area contributed by atoms with E-state index in [1.807, 2.05) is 0 Å². The van der Waals surface area contributed by atoms with Crippen LogP contribution in [0.15, 0.2) is 12.7 Å². The molecule has 0 aromatic carbocycles. The zero-order valence-electron chi connectivity index (χ0n) is 10.5. The van der Waals surface area contributed by atoms with E-state index in [1.54, 1.807) is 0 Å². The molecule has 0 aromatic heterocycles. The van der Waals surface area contributed by atoms with Crippen molar-refractivity contribution < 1.29 is 15.0 Å². The van der Waals surface area contributed by atoms with Gasteiger partial charge in [0, 0.05) is 6.08 Å². The van der Waals surface area contributed by atoms with Gasteiger partial charge < -0.3 is 10.2 Å². The molecule has 1 rings (SSSR count). The van der Waals surface area contributed by atoms with Gasteiger partial charge in [-0.15, -0.1) is 0 Å². The van der Waals surface area contributed by atoms with Crippen molar-refractivity contribution >= 4 is 5.97 Å². The quantitative estimate of drug-likeness (QED) is 0.714. The molecule has 94 valence electrons. The van der Waals surface area contributed by atoms with Crippen LogP contribution < -0.4 is 0 Å². The van der Waals surface area contributed by atoms with Crippen LogP contribution in [0.4, 0.5) is 0 Å². The number of aliphatic hydroxyl groups is 1. The highest BCUT2D eigenvalue weighted by Crippen LogP contribution is 2.33. The van der Waals surface area contributed by atoms with Crippen LogP contribution in [0.1, 0.15) is 40.0 Å². The maximum Gasteiger partial charge on any atom is 0.327 e.